The second-order valence-electron chi connectivity index (χ2n) is 2.39. The first-order valence-corrected chi connectivity index (χ1v) is 4.59. The summed E-state index contributed by atoms with van der Waals surface area (Å²) in [5.41, 5.74) is 1.47. The monoisotopic (exact) mass is 319 g/mol. The Morgan fingerprint density at radius 2 is 2.09 bits per heavy atom. The van der Waals surface area contributed by atoms with Crippen molar-refractivity contribution >= 4 is 0 Å². The minimum atomic E-state index is -0.0951. The quantitative estimate of drug-likeness (QED) is 0.756. The third-order valence-electron chi connectivity index (χ3n) is 1.71. The van der Waals surface area contributed by atoms with Gasteiger partial charge >= 0.3 is 76.7 Å². The molecule has 1 aromatic heterocycles. The van der Waals surface area contributed by atoms with Crippen molar-refractivity contribution in [3.05, 3.63) is 27.5 Å². The van der Waals surface area contributed by atoms with Crippen LogP contribution >= 0.6 is 0 Å². The number of hydrogen-bond acceptors (Lipinski definition) is 2. The molecule has 1 rings (SSSR count). The van der Waals surface area contributed by atoms with Crippen LogP contribution < -0.4 is 5.43 Å². The molecule has 0 spiro atoms. The van der Waals surface area contributed by atoms with Crippen molar-refractivity contribution in [1.29, 1.82) is 0 Å². The van der Waals surface area contributed by atoms with Gasteiger partial charge in [-0.05, 0) is 0 Å². The van der Waals surface area contributed by atoms with E-state index in [1.165, 1.54) is 6.07 Å². The van der Waals surface area contributed by atoms with Crippen molar-refractivity contribution in [3.8, 4) is 5.88 Å². The Morgan fingerprint density at radius 3 is 2.64 bits per heavy atom. The fourth-order valence-corrected chi connectivity index (χ4v) is 1.54. The van der Waals surface area contributed by atoms with E-state index in [1.807, 2.05) is 6.92 Å². The number of rotatable bonds is 0. The zero-order chi connectivity index (χ0) is 8.59. The van der Waals surface area contributed by atoms with Crippen molar-refractivity contribution in [2.75, 3.05) is 0 Å². The van der Waals surface area contributed by atoms with Gasteiger partial charge in [0.05, 0.1) is 0 Å². The maximum absolute atomic E-state index is 11.1. The van der Waals surface area contributed by atoms with Crippen LogP contribution in [0.5, 0.6) is 5.88 Å². The van der Waals surface area contributed by atoms with E-state index in [0.717, 1.165) is 27.0 Å². The number of nitrogens with zero attached hydrogens (tertiary/aromatic N) is 1. The van der Waals surface area contributed by atoms with Crippen LogP contribution in [0.25, 0.3) is 0 Å². The maximum atomic E-state index is 11.1. The molecule has 0 amide bonds. The summed E-state index contributed by atoms with van der Waals surface area (Å²) in [6.07, 6.45) is 0. The summed E-state index contributed by atoms with van der Waals surface area (Å²) in [7, 11) is 0. The summed E-state index contributed by atoms with van der Waals surface area (Å²) in [6, 6.07) is 1.25. The summed E-state index contributed by atoms with van der Waals surface area (Å²) in [5, 5.41) is 9.20. The molecule has 0 bridgehead atoms. The molecular weight excluding hydrogens is 311 g/mol. The van der Waals surface area contributed by atoms with E-state index in [0.29, 0.717) is 5.56 Å². The SMILES string of the molecule is Cc1c(C)[n]([Ta])c(O)cc1=O. The molecule has 0 atom stereocenters. The van der Waals surface area contributed by atoms with Gasteiger partial charge in [-0.2, -0.15) is 0 Å². The fraction of sp³-hybridized carbons (Fsp3) is 0.286. The van der Waals surface area contributed by atoms with Gasteiger partial charge in [-0.1, -0.05) is 0 Å². The average Bonchev–Trinajstić information content (AvgIpc) is 1.97. The van der Waals surface area contributed by atoms with Crippen molar-refractivity contribution in [3.63, 3.8) is 0 Å². The van der Waals surface area contributed by atoms with Crippen LogP contribution in [-0.4, -0.2) is 8.08 Å². The van der Waals surface area contributed by atoms with Crippen LogP contribution in [0.4, 0.5) is 0 Å². The van der Waals surface area contributed by atoms with Crippen LogP contribution in [-0.2, 0) is 21.3 Å². The van der Waals surface area contributed by atoms with Crippen LogP contribution in [0.1, 0.15) is 11.3 Å². The van der Waals surface area contributed by atoms with E-state index >= 15 is 0 Å². The molecule has 0 radical (unpaired) electrons. The van der Waals surface area contributed by atoms with Crippen LogP contribution in [0, 0.1) is 13.8 Å². The molecule has 0 aliphatic carbocycles. The first-order chi connectivity index (χ1) is 5.04. The second-order valence-corrected chi connectivity index (χ2v) is 3.83. The molecule has 0 aliphatic heterocycles. The van der Waals surface area contributed by atoms with Crippen molar-refractivity contribution < 1.29 is 26.4 Å². The molecule has 11 heavy (non-hydrogen) atoms. The predicted molar refractivity (Wildman–Crippen MR) is 37.2 cm³/mol. The Morgan fingerprint density at radius 1 is 1.55 bits per heavy atom. The number of hydrogen-bond donors (Lipinski definition) is 1. The van der Waals surface area contributed by atoms with Crippen molar-refractivity contribution in [1.82, 2.24) is 2.97 Å². The number of pyridine rings is 1. The van der Waals surface area contributed by atoms with E-state index in [1.54, 1.807) is 9.89 Å². The third kappa shape index (κ3) is 1.40. The molecule has 0 aliphatic rings. The van der Waals surface area contributed by atoms with Gasteiger partial charge < -0.3 is 0 Å². The molecule has 3 nitrogen and oxygen atoms in total. The number of aromatic hydroxyl groups is 1. The fourth-order valence-electron chi connectivity index (χ4n) is 0.796. The van der Waals surface area contributed by atoms with Gasteiger partial charge in [0.2, 0.25) is 0 Å². The molecule has 0 unspecified atom stereocenters. The molecule has 0 saturated carbocycles. The standard InChI is InChI=1S/C7H9NO2.Ta/c1-4-5(2)8-7(10)3-6(4)9;/h3H,1-2H3,(H2,8,9,10);/q;+1/p-1. The molecule has 0 saturated heterocycles. The van der Waals surface area contributed by atoms with E-state index in [2.05, 4.69) is 0 Å². The van der Waals surface area contributed by atoms with Crippen molar-refractivity contribution in [2.45, 2.75) is 13.8 Å². The van der Waals surface area contributed by atoms with Gasteiger partial charge in [-0.15, -0.1) is 0 Å². The first kappa shape index (κ1) is 8.59. The summed E-state index contributed by atoms with van der Waals surface area (Å²) in [6.45, 7) is 3.59. The first-order valence-electron chi connectivity index (χ1n) is 3.15. The second kappa shape index (κ2) is 2.85. The molecule has 1 N–H and O–H groups in total. The number of aromatic nitrogens is 1. The Labute approximate surface area is 76.9 Å². The molecule has 1 heterocycles. The zero-order valence-corrected chi connectivity index (χ0v) is 9.54. The van der Waals surface area contributed by atoms with Gasteiger partial charge in [-0.25, -0.2) is 0 Å². The van der Waals surface area contributed by atoms with Crippen LogP contribution in [0.2, 0.25) is 0 Å². The molecule has 4 heteroatoms. The third-order valence-corrected chi connectivity index (χ3v) is 3.52. The Hall–Kier alpha value is -0.510. The van der Waals surface area contributed by atoms with Crippen LogP contribution in [0.3, 0.4) is 0 Å². The zero-order valence-electron chi connectivity index (χ0n) is 6.33. The normalized spacial score (nSPS) is 10.0. The summed E-state index contributed by atoms with van der Waals surface area (Å²) in [4.78, 5) is 11.1. The molecule has 1 aromatic rings. The van der Waals surface area contributed by atoms with Gasteiger partial charge in [-0.3, -0.25) is 0 Å². The molecular formula is C7H8NO2Ta. The summed E-state index contributed by atoms with van der Waals surface area (Å²) < 4.78 is 1.69. The Kier molecular flexibility index (Phi) is 2.23. The topological polar surface area (TPSA) is 42.2 Å². The van der Waals surface area contributed by atoms with Gasteiger partial charge in [0, 0.05) is 0 Å². The van der Waals surface area contributed by atoms with E-state index in [9.17, 15) is 9.90 Å². The molecule has 0 aromatic carbocycles. The molecule has 58 valence electrons. The van der Waals surface area contributed by atoms with E-state index in [4.69, 9.17) is 0 Å². The Balaban J connectivity index is 3.59. The van der Waals surface area contributed by atoms with Gasteiger partial charge in [0.25, 0.3) is 0 Å². The van der Waals surface area contributed by atoms with E-state index in [-0.39, 0.29) is 11.3 Å². The predicted octanol–water partition coefficient (Wildman–Crippen LogP) is 0.481. The van der Waals surface area contributed by atoms with Gasteiger partial charge in [0.1, 0.15) is 0 Å². The van der Waals surface area contributed by atoms with Gasteiger partial charge in [0.15, 0.2) is 0 Å². The molecule has 0 fully saturated rings. The Bertz CT molecular complexity index is 343. The summed E-state index contributed by atoms with van der Waals surface area (Å²) in [5.74, 6) is 0.0615. The summed E-state index contributed by atoms with van der Waals surface area (Å²) >= 11 is 0.906. The van der Waals surface area contributed by atoms with Crippen LogP contribution in [0.15, 0.2) is 10.9 Å². The average molecular weight is 319 g/mol. The van der Waals surface area contributed by atoms with Crippen molar-refractivity contribution in [2.24, 2.45) is 0 Å². The minimum absolute atomic E-state index is 0.0615. The van der Waals surface area contributed by atoms with E-state index < -0.39 is 0 Å².